The summed E-state index contributed by atoms with van der Waals surface area (Å²) in [6, 6.07) is 8.04. The van der Waals surface area contributed by atoms with Crippen LogP contribution in [0.1, 0.15) is 5.69 Å². The van der Waals surface area contributed by atoms with Gasteiger partial charge in [-0.3, -0.25) is 4.68 Å². The molecule has 1 aromatic carbocycles. The topological polar surface area (TPSA) is 41.6 Å². The molecule has 3 nitrogen and oxygen atoms in total. The summed E-state index contributed by atoms with van der Waals surface area (Å²) in [5.74, 6) is -0.289. The number of benzene rings is 1. The van der Waals surface area contributed by atoms with Gasteiger partial charge in [0.2, 0.25) is 0 Å². The smallest absolute Gasteiger partial charge is 0.177 e. The van der Waals surface area contributed by atoms with E-state index in [1.807, 2.05) is 6.07 Å². The Morgan fingerprint density at radius 2 is 2.00 bits per heavy atom. The van der Waals surface area contributed by atoms with Crippen LogP contribution in [-0.2, 0) is 7.05 Å². The highest BCUT2D eigenvalue weighted by molar-refractivity contribution is 9.10. The molecule has 0 unspecified atom stereocenters. The molecule has 0 saturated carbocycles. The van der Waals surface area contributed by atoms with Crippen molar-refractivity contribution < 1.29 is 4.39 Å². The van der Waals surface area contributed by atoms with Crippen LogP contribution in [0.15, 0.2) is 28.7 Å². The predicted molar refractivity (Wildman–Crippen MR) is 61.0 cm³/mol. The molecule has 5 heteroatoms. The summed E-state index contributed by atoms with van der Waals surface area (Å²) in [4.78, 5) is 0. The first-order valence-corrected chi connectivity index (χ1v) is 5.31. The molecule has 2 aromatic rings. The fraction of sp³-hybridized carbons (Fsp3) is 0.0909. The number of hydrogen-bond acceptors (Lipinski definition) is 2. The van der Waals surface area contributed by atoms with E-state index in [9.17, 15) is 4.39 Å². The van der Waals surface area contributed by atoms with E-state index in [1.54, 1.807) is 23.9 Å². The van der Waals surface area contributed by atoms with Crippen LogP contribution < -0.4 is 0 Å². The quantitative estimate of drug-likeness (QED) is 0.806. The van der Waals surface area contributed by atoms with Crippen molar-refractivity contribution in [2.75, 3.05) is 0 Å². The number of halogens is 2. The second kappa shape index (κ2) is 4.06. The van der Waals surface area contributed by atoms with E-state index in [2.05, 4.69) is 21.0 Å². The third-order valence-electron chi connectivity index (χ3n) is 2.21. The monoisotopic (exact) mass is 279 g/mol. The molecule has 0 aliphatic carbocycles. The van der Waals surface area contributed by atoms with Crippen molar-refractivity contribution >= 4 is 15.9 Å². The van der Waals surface area contributed by atoms with Crippen molar-refractivity contribution in [3.63, 3.8) is 0 Å². The lowest BCUT2D eigenvalue weighted by Crippen LogP contribution is -1.94. The Kier molecular flexibility index (Phi) is 2.75. The van der Waals surface area contributed by atoms with Crippen LogP contribution in [0.5, 0.6) is 0 Å². The highest BCUT2D eigenvalue weighted by Gasteiger charge is 2.14. The Balaban J connectivity index is 2.61. The van der Waals surface area contributed by atoms with Crippen molar-refractivity contribution in [3.05, 3.63) is 40.2 Å². The van der Waals surface area contributed by atoms with E-state index < -0.39 is 0 Å². The zero-order chi connectivity index (χ0) is 11.7. The molecule has 1 aromatic heterocycles. The van der Waals surface area contributed by atoms with Gasteiger partial charge in [-0.1, -0.05) is 0 Å². The van der Waals surface area contributed by atoms with Crippen LogP contribution in [0.3, 0.4) is 0 Å². The second-order valence-electron chi connectivity index (χ2n) is 3.25. The molecule has 0 aliphatic heterocycles. The van der Waals surface area contributed by atoms with E-state index in [-0.39, 0.29) is 5.82 Å². The average molecular weight is 280 g/mol. The molecule has 16 heavy (non-hydrogen) atoms. The summed E-state index contributed by atoms with van der Waals surface area (Å²) in [5.41, 5.74) is 1.89. The Labute approximate surface area is 100 Å². The molecule has 0 fully saturated rings. The first-order chi connectivity index (χ1) is 7.63. The van der Waals surface area contributed by atoms with Crippen molar-refractivity contribution in [1.82, 2.24) is 9.78 Å². The third-order valence-corrected chi connectivity index (χ3v) is 2.96. The molecule has 0 spiro atoms. The lowest BCUT2D eigenvalue weighted by Gasteiger charge is -2.02. The summed E-state index contributed by atoms with van der Waals surface area (Å²) in [7, 11) is 1.74. The maximum atomic E-state index is 12.8. The van der Waals surface area contributed by atoms with Crippen LogP contribution >= 0.6 is 15.9 Å². The fourth-order valence-corrected chi connectivity index (χ4v) is 2.14. The number of aromatic nitrogens is 2. The van der Waals surface area contributed by atoms with Gasteiger partial charge in [-0.25, -0.2) is 4.39 Å². The van der Waals surface area contributed by atoms with Gasteiger partial charge >= 0.3 is 0 Å². The summed E-state index contributed by atoms with van der Waals surface area (Å²) in [6.45, 7) is 0. The van der Waals surface area contributed by atoms with Gasteiger partial charge in [-0.05, 0) is 40.2 Å². The van der Waals surface area contributed by atoms with E-state index in [0.717, 1.165) is 11.3 Å². The lowest BCUT2D eigenvalue weighted by atomic mass is 10.1. The summed E-state index contributed by atoms with van der Waals surface area (Å²) in [6.07, 6.45) is 0. The minimum atomic E-state index is -0.289. The van der Waals surface area contributed by atoms with Gasteiger partial charge < -0.3 is 0 Å². The average Bonchev–Trinajstić information content (AvgIpc) is 2.56. The molecular weight excluding hydrogens is 273 g/mol. The lowest BCUT2D eigenvalue weighted by molar-refractivity contribution is 0.628. The van der Waals surface area contributed by atoms with Crippen molar-refractivity contribution in [1.29, 1.82) is 5.26 Å². The first kappa shape index (κ1) is 10.8. The number of aryl methyl sites for hydroxylation is 1. The molecule has 1 heterocycles. The van der Waals surface area contributed by atoms with Crippen molar-refractivity contribution in [2.24, 2.45) is 7.05 Å². The largest absolute Gasteiger partial charge is 0.265 e. The number of nitrogens with zero attached hydrogens (tertiary/aromatic N) is 3. The maximum Gasteiger partial charge on any atom is 0.177 e. The van der Waals surface area contributed by atoms with Gasteiger partial charge in [0.1, 0.15) is 11.9 Å². The molecule has 0 N–H and O–H groups in total. The van der Waals surface area contributed by atoms with Gasteiger partial charge in [0.25, 0.3) is 0 Å². The van der Waals surface area contributed by atoms with Crippen LogP contribution in [0, 0.1) is 17.1 Å². The highest BCUT2D eigenvalue weighted by atomic mass is 79.9. The van der Waals surface area contributed by atoms with Crippen molar-refractivity contribution in [3.8, 4) is 17.3 Å². The number of hydrogen-bond donors (Lipinski definition) is 0. The Morgan fingerprint density at radius 1 is 1.38 bits per heavy atom. The number of nitriles is 1. The van der Waals surface area contributed by atoms with Crippen molar-refractivity contribution in [2.45, 2.75) is 0 Å². The summed E-state index contributed by atoms with van der Waals surface area (Å²) in [5, 5.41) is 12.9. The van der Waals surface area contributed by atoms with Gasteiger partial charge in [-0.15, -0.1) is 0 Å². The second-order valence-corrected chi connectivity index (χ2v) is 4.05. The molecule has 0 aliphatic rings. The van der Waals surface area contributed by atoms with Crippen LogP contribution in [0.2, 0.25) is 0 Å². The minimum absolute atomic E-state index is 0.289. The normalized spacial score (nSPS) is 10.1. The van der Waals surface area contributed by atoms with E-state index in [1.165, 1.54) is 12.1 Å². The molecule has 0 bridgehead atoms. The van der Waals surface area contributed by atoms with Gasteiger partial charge in [0.15, 0.2) is 5.69 Å². The van der Waals surface area contributed by atoms with E-state index >= 15 is 0 Å². The molecule has 0 saturated heterocycles. The molecule has 0 radical (unpaired) electrons. The molecular formula is C11H7BrFN3. The molecule has 0 amide bonds. The number of rotatable bonds is 1. The highest BCUT2D eigenvalue weighted by Crippen LogP contribution is 2.30. The molecule has 80 valence electrons. The Morgan fingerprint density at radius 3 is 2.50 bits per heavy atom. The van der Waals surface area contributed by atoms with Crippen LogP contribution in [0.25, 0.3) is 11.3 Å². The molecule has 2 rings (SSSR count). The standard InChI is InChI=1S/C11H7BrFN3/c1-16-11(10(12)9(6-14)15-16)7-2-4-8(13)5-3-7/h2-5H,1H3. The van der Waals surface area contributed by atoms with Gasteiger partial charge in [0, 0.05) is 12.6 Å². The zero-order valence-electron chi connectivity index (χ0n) is 8.41. The summed E-state index contributed by atoms with van der Waals surface area (Å²) >= 11 is 3.32. The maximum absolute atomic E-state index is 12.8. The SMILES string of the molecule is Cn1nc(C#N)c(Br)c1-c1ccc(F)cc1. The molecule has 0 atom stereocenters. The predicted octanol–water partition coefficient (Wildman–Crippen LogP) is 2.86. The summed E-state index contributed by atoms with van der Waals surface area (Å²) < 4.78 is 15.0. The van der Waals surface area contributed by atoms with E-state index in [4.69, 9.17) is 5.26 Å². The van der Waals surface area contributed by atoms with Gasteiger partial charge in [0.05, 0.1) is 10.2 Å². The van der Waals surface area contributed by atoms with Crippen LogP contribution in [-0.4, -0.2) is 9.78 Å². The Bertz CT molecular complexity index is 566. The minimum Gasteiger partial charge on any atom is -0.265 e. The van der Waals surface area contributed by atoms with Crippen LogP contribution in [0.4, 0.5) is 4.39 Å². The third kappa shape index (κ3) is 1.72. The Hall–Kier alpha value is -1.67. The van der Waals surface area contributed by atoms with Gasteiger partial charge in [-0.2, -0.15) is 10.4 Å². The zero-order valence-corrected chi connectivity index (χ0v) is 9.99. The van der Waals surface area contributed by atoms with E-state index in [0.29, 0.717) is 10.2 Å². The fourth-order valence-electron chi connectivity index (χ4n) is 1.49. The first-order valence-electron chi connectivity index (χ1n) is 4.52.